The summed E-state index contributed by atoms with van der Waals surface area (Å²) in [4.78, 5) is 13.1. The van der Waals surface area contributed by atoms with Crippen LogP contribution in [0, 0.1) is 6.92 Å². The van der Waals surface area contributed by atoms with Gasteiger partial charge in [-0.15, -0.1) is 11.3 Å². The Bertz CT molecular complexity index is 741. The Balaban J connectivity index is 1.76. The van der Waals surface area contributed by atoms with Crippen molar-refractivity contribution in [2.75, 3.05) is 11.9 Å². The summed E-state index contributed by atoms with van der Waals surface area (Å²) in [5.41, 5.74) is 2.01. The quantitative estimate of drug-likeness (QED) is 0.778. The van der Waals surface area contributed by atoms with E-state index in [9.17, 15) is 0 Å². The highest BCUT2D eigenvalue weighted by Crippen LogP contribution is 2.25. The van der Waals surface area contributed by atoms with Gasteiger partial charge in [0.05, 0.1) is 10.5 Å². The molecule has 102 valence electrons. The van der Waals surface area contributed by atoms with Crippen LogP contribution in [0.15, 0.2) is 34.4 Å². The zero-order valence-electron chi connectivity index (χ0n) is 10.9. The lowest BCUT2D eigenvalue weighted by Crippen LogP contribution is -2.07. The van der Waals surface area contributed by atoms with Gasteiger partial charge in [0.15, 0.2) is 0 Å². The number of anilines is 1. The van der Waals surface area contributed by atoms with Crippen molar-refractivity contribution < 1.29 is 0 Å². The van der Waals surface area contributed by atoms with E-state index in [-0.39, 0.29) is 0 Å². The van der Waals surface area contributed by atoms with Crippen molar-refractivity contribution in [3.63, 3.8) is 0 Å². The fourth-order valence-corrected chi connectivity index (χ4v) is 3.24. The molecule has 3 rings (SSSR count). The second-order valence-corrected chi connectivity index (χ2v) is 6.21. The van der Waals surface area contributed by atoms with Crippen LogP contribution in [0.3, 0.4) is 0 Å². The summed E-state index contributed by atoms with van der Waals surface area (Å²) in [7, 11) is 0. The molecule has 0 aliphatic heterocycles. The molecule has 3 aromatic rings. The minimum Gasteiger partial charge on any atom is -0.369 e. The molecule has 0 saturated heterocycles. The van der Waals surface area contributed by atoms with Crippen molar-refractivity contribution in [2.24, 2.45) is 0 Å². The maximum atomic E-state index is 4.46. The predicted octanol–water partition coefficient (Wildman–Crippen LogP) is 3.81. The molecule has 20 heavy (non-hydrogen) atoms. The minimum absolute atomic E-state index is 0.811. The minimum atomic E-state index is 0.811. The number of rotatable bonds is 4. The van der Waals surface area contributed by atoms with Gasteiger partial charge in [-0.1, -0.05) is 6.07 Å². The van der Waals surface area contributed by atoms with Crippen LogP contribution in [0.4, 0.5) is 5.82 Å². The van der Waals surface area contributed by atoms with E-state index in [1.165, 1.54) is 0 Å². The Hall–Kier alpha value is -1.53. The lowest BCUT2D eigenvalue weighted by molar-refractivity contribution is 0.978. The van der Waals surface area contributed by atoms with Gasteiger partial charge in [0.2, 0.25) is 0 Å². The summed E-state index contributed by atoms with van der Waals surface area (Å²) in [6.07, 6.45) is 2.49. The summed E-state index contributed by atoms with van der Waals surface area (Å²) in [5.74, 6) is 0.865. The summed E-state index contributed by atoms with van der Waals surface area (Å²) >= 11 is 5.21. The molecule has 0 unspecified atom stereocenters. The molecule has 0 radical (unpaired) electrons. The molecule has 0 aliphatic rings. The van der Waals surface area contributed by atoms with Gasteiger partial charge < -0.3 is 5.32 Å². The Labute approximate surface area is 129 Å². The number of benzene rings is 1. The van der Waals surface area contributed by atoms with E-state index < -0.39 is 0 Å². The molecule has 0 amide bonds. The highest BCUT2D eigenvalue weighted by atomic mass is 79.9. The Kier molecular flexibility index (Phi) is 3.93. The molecule has 0 bridgehead atoms. The topological polar surface area (TPSA) is 50.7 Å². The van der Waals surface area contributed by atoms with Gasteiger partial charge in [-0.05, 0) is 35.0 Å². The fourth-order valence-electron chi connectivity index (χ4n) is 2.00. The molecule has 0 atom stereocenters. The highest BCUT2D eigenvalue weighted by Gasteiger charge is 2.06. The lowest BCUT2D eigenvalue weighted by atomic mass is 10.2. The third kappa shape index (κ3) is 2.81. The summed E-state index contributed by atoms with van der Waals surface area (Å²) < 4.78 is 0.982. The van der Waals surface area contributed by atoms with E-state index in [1.807, 2.05) is 25.1 Å². The number of nitrogens with zero attached hydrogens (tertiary/aromatic N) is 3. The number of thiazole rings is 1. The summed E-state index contributed by atoms with van der Waals surface area (Å²) in [6.45, 7) is 2.83. The fraction of sp³-hybridized carbons (Fsp3) is 0.214. The summed E-state index contributed by atoms with van der Waals surface area (Å²) in [6, 6.07) is 6.00. The van der Waals surface area contributed by atoms with Gasteiger partial charge in [-0.2, -0.15) is 0 Å². The van der Waals surface area contributed by atoms with E-state index in [2.05, 4.69) is 41.6 Å². The molecule has 1 aromatic carbocycles. The van der Waals surface area contributed by atoms with Crippen molar-refractivity contribution in [3.05, 3.63) is 45.1 Å². The normalized spacial score (nSPS) is 10.9. The lowest BCUT2D eigenvalue weighted by Gasteiger charge is -2.08. The predicted molar refractivity (Wildman–Crippen MR) is 86.3 cm³/mol. The zero-order chi connectivity index (χ0) is 13.9. The van der Waals surface area contributed by atoms with E-state index >= 15 is 0 Å². The van der Waals surface area contributed by atoms with Gasteiger partial charge in [0.25, 0.3) is 0 Å². The maximum Gasteiger partial charge on any atom is 0.137 e. The average molecular weight is 349 g/mol. The van der Waals surface area contributed by atoms with Crippen LogP contribution in [-0.4, -0.2) is 21.5 Å². The molecular formula is C14H13BrN4S. The van der Waals surface area contributed by atoms with Crippen LogP contribution >= 0.6 is 27.3 Å². The van der Waals surface area contributed by atoms with Crippen molar-refractivity contribution >= 4 is 44.0 Å². The third-order valence-electron chi connectivity index (χ3n) is 2.91. The van der Waals surface area contributed by atoms with Gasteiger partial charge >= 0.3 is 0 Å². The summed E-state index contributed by atoms with van der Waals surface area (Å²) in [5, 5.41) is 7.62. The van der Waals surface area contributed by atoms with Gasteiger partial charge in [0.1, 0.15) is 12.1 Å². The third-order valence-corrected chi connectivity index (χ3v) is 4.58. The first kappa shape index (κ1) is 13.5. The molecule has 4 nitrogen and oxygen atoms in total. The van der Waals surface area contributed by atoms with Crippen molar-refractivity contribution in [3.8, 4) is 0 Å². The van der Waals surface area contributed by atoms with E-state index in [0.717, 1.165) is 44.9 Å². The second kappa shape index (κ2) is 5.85. The van der Waals surface area contributed by atoms with E-state index in [0.29, 0.717) is 0 Å². The molecule has 0 spiro atoms. The standard InChI is InChI=1S/C14H13BrN4S/c1-9-7-20-12(19-9)5-6-16-14-10-3-2-4-11(15)13(10)17-8-18-14/h2-4,7-8H,5-6H2,1H3,(H,16,17,18). The average Bonchev–Trinajstić information content (AvgIpc) is 2.86. The Morgan fingerprint density at radius 2 is 2.20 bits per heavy atom. The van der Waals surface area contributed by atoms with Crippen LogP contribution in [-0.2, 0) is 6.42 Å². The number of para-hydroxylation sites is 1. The van der Waals surface area contributed by atoms with Gasteiger partial charge in [-0.3, -0.25) is 0 Å². The maximum absolute atomic E-state index is 4.46. The highest BCUT2D eigenvalue weighted by molar-refractivity contribution is 9.10. The van der Waals surface area contributed by atoms with Crippen molar-refractivity contribution in [2.45, 2.75) is 13.3 Å². The first-order valence-electron chi connectivity index (χ1n) is 6.28. The molecule has 0 aliphatic carbocycles. The number of halogens is 1. The number of fused-ring (bicyclic) bond motifs is 1. The molecule has 2 heterocycles. The Morgan fingerprint density at radius 1 is 1.30 bits per heavy atom. The molecule has 6 heteroatoms. The van der Waals surface area contributed by atoms with Gasteiger partial charge in [-0.25, -0.2) is 15.0 Å². The monoisotopic (exact) mass is 348 g/mol. The molecular weight excluding hydrogens is 336 g/mol. The molecule has 0 fully saturated rings. The molecule has 1 N–H and O–H groups in total. The largest absolute Gasteiger partial charge is 0.369 e. The van der Waals surface area contributed by atoms with Crippen molar-refractivity contribution in [1.29, 1.82) is 0 Å². The Morgan fingerprint density at radius 3 is 3.00 bits per heavy atom. The first-order chi connectivity index (χ1) is 9.74. The SMILES string of the molecule is Cc1csc(CCNc2ncnc3c(Br)cccc23)n1. The number of aromatic nitrogens is 3. The number of hydrogen-bond donors (Lipinski definition) is 1. The van der Waals surface area contributed by atoms with E-state index in [4.69, 9.17) is 0 Å². The smallest absolute Gasteiger partial charge is 0.137 e. The zero-order valence-corrected chi connectivity index (χ0v) is 13.3. The second-order valence-electron chi connectivity index (χ2n) is 4.42. The van der Waals surface area contributed by atoms with Crippen molar-refractivity contribution in [1.82, 2.24) is 15.0 Å². The molecule has 2 aromatic heterocycles. The first-order valence-corrected chi connectivity index (χ1v) is 7.95. The van der Waals surface area contributed by atoms with Crippen LogP contribution in [0.1, 0.15) is 10.7 Å². The number of nitrogens with one attached hydrogen (secondary N) is 1. The van der Waals surface area contributed by atoms with Crippen LogP contribution < -0.4 is 5.32 Å². The van der Waals surface area contributed by atoms with Crippen LogP contribution in [0.25, 0.3) is 10.9 Å². The van der Waals surface area contributed by atoms with E-state index in [1.54, 1.807) is 17.7 Å². The number of hydrogen-bond acceptors (Lipinski definition) is 5. The van der Waals surface area contributed by atoms with Crippen LogP contribution in [0.5, 0.6) is 0 Å². The number of aryl methyl sites for hydroxylation is 1. The van der Waals surface area contributed by atoms with Gasteiger partial charge in [0, 0.05) is 33.9 Å². The molecule has 0 saturated carbocycles. The van der Waals surface area contributed by atoms with Crippen LogP contribution in [0.2, 0.25) is 0 Å².